The van der Waals surface area contributed by atoms with Gasteiger partial charge in [-0.2, -0.15) is 0 Å². The van der Waals surface area contributed by atoms with Crippen molar-refractivity contribution in [1.29, 1.82) is 0 Å². The van der Waals surface area contributed by atoms with Crippen LogP contribution in [-0.2, 0) is 4.79 Å². The average molecular weight is 327 g/mol. The van der Waals surface area contributed by atoms with Crippen LogP contribution in [0, 0.1) is 13.8 Å². The molecule has 0 atom stereocenters. The summed E-state index contributed by atoms with van der Waals surface area (Å²) in [4.78, 5) is 24.8. The largest absolute Gasteiger partial charge is 0.482 e. The van der Waals surface area contributed by atoms with E-state index in [1.807, 2.05) is 6.07 Å². The number of aryl methyl sites for hydroxylation is 2. The van der Waals surface area contributed by atoms with E-state index in [1.165, 1.54) is 22.9 Å². The molecule has 0 aliphatic carbocycles. The van der Waals surface area contributed by atoms with Crippen LogP contribution >= 0.6 is 11.8 Å². The molecule has 0 unspecified atom stereocenters. The number of hydrogen-bond donors (Lipinski definition) is 1. The number of rotatable bonds is 4. The monoisotopic (exact) mass is 327 g/mol. The number of fused-ring (bicyclic) bond motifs is 1. The standard InChI is InChI=1S/C18H17NO3S/c1-11-3-5-14(7-12(11)2)23-10-16(20)13-4-6-17-15(8-13)19-18(21)9-22-17/h3-8H,9-10H2,1-2H3,(H,19,21). The van der Waals surface area contributed by atoms with Crippen LogP contribution in [0.4, 0.5) is 5.69 Å². The first-order chi connectivity index (χ1) is 11.0. The summed E-state index contributed by atoms with van der Waals surface area (Å²) in [7, 11) is 0. The van der Waals surface area contributed by atoms with Gasteiger partial charge in [-0.05, 0) is 55.3 Å². The van der Waals surface area contributed by atoms with Crippen molar-refractivity contribution in [2.75, 3.05) is 17.7 Å². The molecule has 1 heterocycles. The molecule has 3 rings (SSSR count). The highest BCUT2D eigenvalue weighted by Gasteiger charge is 2.17. The highest BCUT2D eigenvalue weighted by Crippen LogP contribution is 2.29. The summed E-state index contributed by atoms with van der Waals surface area (Å²) in [5.74, 6) is 0.779. The highest BCUT2D eigenvalue weighted by atomic mass is 32.2. The van der Waals surface area contributed by atoms with E-state index in [1.54, 1.807) is 18.2 Å². The van der Waals surface area contributed by atoms with Crippen molar-refractivity contribution in [2.24, 2.45) is 0 Å². The predicted octanol–water partition coefficient (Wildman–Crippen LogP) is 3.61. The van der Waals surface area contributed by atoms with E-state index in [9.17, 15) is 9.59 Å². The second-order valence-corrected chi connectivity index (χ2v) is 6.55. The molecule has 0 radical (unpaired) electrons. The molecule has 1 aliphatic heterocycles. The Kier molecular flexibility index (Phi) is 4.39. The van der Waals surface area contributed by atoms with Crippen molar-refractivity contribution in [1.82, 2.24) is 0 Å². The van der Waals surface area contributed by atoms with Crippen LogP contribution in [-0.4, -0.2) is 24.1 Å². The first kappa shape index (κ1) is 15.6. The fraction of sp³-hybridized carbons (Fsp3) is 0.222. The Balaban J connectivity index is 1.69. The third-order valence-corrected chi connectivity index (χ3v) is 4.78. The van der Waals surface area contributed by atoms with Crippen LogP contribution in [0.15, 0.2) is 41.3 Å². The van der Waals surface area contributed by atoms with Crippen molar-refractivity contribution in [3.8, 4) is 5.75 Å². The molecule has 1 aliphatic rings. The number of benzene rings is 2. The summed E-state index contributed by atoms with van der Waals surface area (Å²) in [6.07, 6.45) is 0. The quantitative estimate of drug-likeness (QED) is 0.688. The van der Waals surface area contributed by atoms with Gasteiger partial charge in [0.25, 0.3) is 5.91 Å². The summed E-state index contributed by atoms with van der Waals surface area (Å²) < 4.78 is 5.30. The Morgan fingerprint density at radius 1 is 1.17 bits per heavy atom. The average Bonchev–Trinajstić information content (AvgIpc) is 2.55. The Morgan fingerprint density at radius 3 is 2.78 bits per heavy atom. The minimum absolute atomic E-state index is 0.0168. The summed E-state index contributed by atoms with van der Waals surface area (Å²) in [5.41, 5.74) is 3.59. The molecule has 1 N–H and O–H groups in total. The van der Waals surface area contributed by atoms with Crippen molar-refractivity contribution in [3.63, 3.8) is 0 Å². The summed E-state index contributed by atoms with van der Waals surface area (Å²) >= 11 is 1.52. The van der Waals surface area contributed by atoms with Gasteiger partial charge in [0, 0.05) is 10.5 Å². The number of nitrogens with one attached hydrogen (secondary N) is 1. The van der Waals surface area contributed by atoms with Gasteiger partial charge in [0.05, 0.1) is 11.4 Å². The van der Waals surface area contributed by atoms with Crippen LogP contribution < -0.4 is 10.1 Å². The van der Waals surface area contributed by atoms with E-state index in [4.69, 9.17) is 4.74 Å². The fourth-order valence-corrected chi connectivity index (χ4v) is 3.18. The Hall–Kier alpha value is -2.27. The zero-order chi connectivity index (χ0) is 16.4. The fourth-order valence-electron chi connectivity index (χ4n) is 2.29. The third kappa shape index (κ3) is 3.56. The molecule has 0 fully saturated rings. The van der Waals surface area contributed by atoms with Crippen molar-refractivity contribution >= 4 is 29.1 Å². The molecular formula is C18H17NO3S. The minimum Gasteiger partial charge on any atom is -0.482 e. The van der Waals surface area contributed by atoms with Gasteiger partial charge in [0.2, 0.25) is 0 Å². The Bertz CT molecular complexity index is 786. The molecule has 2 aromatic rings. The second kappa shape index (κ2) is 6.46. The number of ketones is 1. The maximum atomic E-state index is 12.4. The number of Topliss-reactive ketones (excluding diaryl/α,β-unsaturated/α-hetero) is 1. The maximum Gasteiger partial charge on any atom is 0.262 e. The van der Waals surface area contributed by atoms with Crippen LogP contribution in [0.2, 0.25) is 0 Å². The molecule has 2 aromatic carbocycles. The van der Waals surface area contributed by atoms with Gasteiger partial charge < -0.3 is 10.1 Å². The summed E-state index contributed by atoms with van der Waals surface area (Å²) in [6, 6.07) is 11.3. The van der Waals surface area contributed by atoms with E-state index in [2.05, 4.69) is 31.3 Å². The number of ether oxygens (including phenoxy) is 1. The van der Waals surface area contributed by atoms with Crippen LogP contribution in [0.3, 0.4) is 0 Å². The maximum absolute atomic E-state index is 12.4. The molecule has 1 amide bonds. The molecule has 0 saturated carbocycles. The van der Waals surface area contributed by atoms with Gasteiger partial charge in [0.1, 0.15) is 5.75 Å². The Labute approximate surface area is 139 Å². The van der Waals surface area contributed by atoms with Crippen molar-refractivity contribution in [2.45, 2.75) is 18.7 Å². The van der Waals surface area contributed by atoms with Gasteiger partial charge >= 0.3 is 0 Å². The highest BCUT2D eigenvalue weighted by molar-refractivity contribution is 8.00. The molecule has 0 saturated heterocycles. The molecule has 5 heteroatoms. The van der Waals surface area contributed by atoms with E-state index in [0.717, 1.165) is 4.90 Å². The SMILES string of the molecule is Cc1ccc(SCC(=O)c2ccc3c(c2)NC(=O)CO3)cc1C. The lowest BCUT2D eigenvalue weighted by Gasteiger charge is -2.18. The molecule has 0 bridgehead atoms. The molecule has 0 spiro atoms. The van der Waals surface area contributed by atoms with Crippen molar-refractivity contribution in [3.05, 3.63) is 53.1 Å². The van der Waals surface area contributed by atoms with Gasteiger partial charge in [-0.3, -0.25) is 9.59 Å². The predicted molar refractivity (Wildman–Crippen MR) is 91.5 cm³/mol. The van der Waals surface area contributed by atoms with Gasteiger partial charge in [-0.15, -0.1) is 11.8 Å². The van der Waals surface area contributed by atoms with Crippen LogP contribution in [0.5, 0.6) is 5.75 Å². The zero-order valence-corrected chi connectivity index (χ0v) is 13.8. The van der Waals surface area contributed by atoms with E-state index in [0.29, 0.717) is 22.8 Å². The lowest BCUT2D eigenvalue weighted by molar-refractivity contribution is -0.118. The first-order valence-corrected chi connectivity index (χ1v) is 8.31. The first-order valence-electron chi connectivity index (χ1n) is 7.33. The molecular weight excluding hydrogens is 310 g/mol. The number of hydrogen-bond acceptors (Lipinski definition) is 4. The van der Waals surface area contributed by atoms with E-state index < -0.39 is 0 Å². The zero-order valence-electron chi connectivity index (χ0n) is 13.0. The lowest BCUT2D eigenvalue weighted by Crippen LogP contribution is -2.25. The smallest absolute Gasteiger partial charge is 0.262 e. The van der Waals surface area contributed by atoms with Gasteiger partial charge in [-0.25, -0.2) is 0 Å². The number of amides is 1. The second-order valence-electron chi connectivity index (χ2n) is 5.51. The number of carbonyl (C=O) groups excluding carboxylic acids is 2. The Morgan fingerprint density at radius 2 is 2.00 bits per heavy atom. The normalized spacial score (nSPS) is 13.0. The number of carbonyl (C=O) groups is 2. The topological polar surface area (TPSA) is 55.4 Å². The van der Waals surface area contributed by atoms with Crippen LogP contribution in [0.1, 0.15) is 21.5 Å². The van der Waals surface area contributed by atoms with Gasteiger partial charge in [0.15, 0.2) is 12.4 Å². The van der Waals surface area contributed by atoms with E-state index in [-0.39, 0.29) is 18.3 Å². The number of anilines is 1. The number of thioether (sulfide) groups is 1. The third-order valence-electron chi connectivity index (χ3n) is 3.78. The van der Waals surface area contributed by atoms with E-state index >= 15 is 0 Å². The summed E-state index contributed by atoms with van der Waals surface area (Å²) in [5, 5.41) is 2.72. The lowest BCUT2D eigenvalue weighted by atomic mass is 10.1. The van der Waals surface area contributed by atoms with Crippen molar-refractivity contribution < 1.29 is 14.3 Å². The summed E-state index contributed by atoms with van der Waals surface area (Å²) in [6.45, 7) is 4.15. The molecule has 23 heavy (non-hydrogen) atoms. The molecule has 118 valence electrons. The molecule has 0 aromatic heterocycles. The van der Waals surface area contributed by atoms with Gasteiger partial charge in [-0.1, -0.05) is 6.07 Å². The minimum atomic E-state index is -0.202. The molecule has 4 nitrogen and oxygen atoms in total. The van der Waals surface area contributed by atoms with Crippen LogP contribution in [0.25, 0.3) is 0 Å².